The highest BCUT2D eigenvalue weighted by Gasteiger charge is 2.43. The van der Waals surface area contributed by atoms with Crippen LogP contribution >= 0.6 is 0 Å². The molecule has 0 radical (unpaired) electrons. The minimum absolute atomic E-state index is 0.452. The molecule has 5 heteroatoms. The number of ether oxygens (including phenoxy) is 3. The Balaban J connectivity index is 2.71. The van der Waals surface area contributed by atoms with Gasteiger partial charge < -0.3 is 24.4 Å². The fourth-order valence-corrected chi connectivity index (χ4v) is 1.53. The lowest BCUT2D eigenvalue weighted by Crippen LogP contribution is -2.57. The molecular weight excluding hydrogens is 176 g/mol. The first-order valence-corrected chi connectivity index (χ1v) is 4.19. The third-order valence-corrected chi connectivity index (χ3v) is 2.32. The first kappa shape index (κ1) is 10.9. The number of methoxy groups -OCH3 is 2. The van der Waals surface area contributed by atoms with E-state index < -0.39 is 30.7 Å². The lowest BCUT2D eigenvalue weighted by atomic mass is 10.00. The van der Waals surface area contributed by atoms with Crippen molar-refractivity contribution in [1.82, 2.24) is 0 Å². The van der Waals surface area contributed by atoms with Crippen molar-refractivity contribution in [2.24, 2.45) is 0 Å². The summed E-state index contributed by atoms with van der Waals surface area (Å²) in [5, 5.41) is 19.0. The molecule has 1 aliphatic heterocycles. The molecule has 5 atom stereocenters. The smallest absolute Gasteiger partial charge is 0.184 e. The Morgan fingerprint density at radius 1 is 1.08 bits per heavy atom. The van der Waals surface area contributed by atoms with Gasteiger partial charge in [0.15, 0.2) is 6.29 Å². The SMILES string of the molecule is CO[C@@H]1[C@@H](O)[C@H](C)O[C@H](O)[C@@H]1OC. The zero-order valence-electron chi connectivity index (χ0n) is 8.01. The molecule has 5 nitrogen and oxygen atoms in total. The molecule has 0 aromatic carbocycles. The van der Waals surface area contributed by atoms with E-state index in [-0.39, 0.29) is 0 Å². The molecule has 0 aliphatic carbocycles. The molecule has 0 amide bonds. The van der Waals surface area contributed by atoms with Gasteiger partial charge in [0, 0.05) is 14.2 Å². The summed E-state index contributed by atoms with van der Waals surface area (Å²) in [5.41, 5.74) is 0. The number of aliphatic hydroxyl groups excluding tert-OH is 2. The van der Waals surface area contributed by atoms with Crippen molar-refractivity contribution in [1.29, 1.82) is 0 Å². The third-order valence-electron chi connectivity index (χ3n) is 2.32. The fourth-order valence-electron chi connectivity index (χ4n) is 1.53. The van der Waals surface area contributed by atoms with Crippen LogP contribution in [0.25, 0.3) is 0 Å². The summed E-state index contributed by atoms with van der Waals surface area (Å²) >= 11 is 0. The van der Waals surface area contributed by atoms with Crippen LogP contribution < -0.4 is 0 Å². The molecule has 0 aromatic heterocycles. The van der Waals surface area contributed by atoms with Gasteiger partial charge in [-0.15, -0.1) is 0 Å². The zero-order valence-corrected chi connectivity index (χ0v) is 8.01. The standard InChI is InChI=1S/C8H16O5/c1-4-5(9)6(11-2)7(12-3)8(10)13-4/h4-10H,1-3H3/t4-,5-,6+,7+,8-/m0/s1. The second kappa shape index (κ2) is 4.34. The van der Waals surface area contributed by atoms with E-state index in [2.05, 4.69) is 0 Å². The molecule has 1 aliphatic rings. The Kier molecular flexibility index (Phi) is 3.63. The molecule has 1 heterocycles. The Morgan fingerprint density at radius 3 is 2.08 bits per heavy atom. The van der Waals surface area contributed by atoms with Gasteiger partial charge in [-0.25, -0.2) is 0 Å². The van der Waals surface area contributed by atoms with E-state index in [0.717, 1.165) is 0 Å². The van der Waals surface area contributed by atoms with Crippen LogP contribution in [0.1, 0.15) is 6.92 Å². The Hall–Kier alpha value is -0.200. The Morgan fingerprint density at radius 2 is 1.62 bits per heavy atom. The van der Waals surface area contributed by atoms with Gasteiger partial charge in [0.05, 0.1) is 6.10 Å². The number of hydrogen-bond acceptors (Lipinski definition) is 5. The van der Waals surface area contributed by atoms with Gasteiger partial charge in [-0.3, -0.25) is 0 Å². The van der Waals surface area contributed by atoms with Crippen LogP contribution in [0, 0.1) is 0 Å². The van der Waals surface area contributed by atoms with Gasteiger partial charge in [-0.2, -0.15) is 0 Å². The van der Waals surface area contributed by atoms with E-state index in [4.69, 9.17) is 14.2 Å². The minimum Gasteiger partial charge on any atom is -0.388 e. The largest absolute Gasteiger partial charge is 0.388 e. The van der Waals surface area contributed by atoms with E-state index in [0.29, 0.717) is 0 Å². The lowest BCUT2D eigenvalue weighted by Gasteiger charge is -2.40. The van der Waals surface area contributed by atoms with Crippen molar-refractivity contribution in [3.8, 4) is 0 Å². The summed E-state index contributed by atoms with van der Waals surface area (Å²) in [5.74, 6) is 0. The molecule has 78 valence electrons. The zero-order chi connectivity index (χ0) is 10.0. The monoisotopic (exact) mass is 192 g/mol. The fraction of sp³-hybridized carbons (Fsp3) is 1.00. The maximum absolute atomic E-state index is 9.62. The molecule has 1 saturated heterocycles. The summed E-state index contributed by atoms with van der Waals surface area (Å²) < 4.78 is 15.0. The normalized spacial score (nSPS) is 46.4. The van der Waals surface area contributed by atoms with E-state index in [1.165, 1.54) is 14.2 Å². The Labute approximate surface area is 77.2 Å². The van der Waals surface area contributed by atoms with E-state index >= 15 is 0 Å². The van der Waals surface area contributed by atoms with Gasteiger partial charge in [0.25, 0.3) is 0 Å². The van der Waals surface area contributed by atoms with Crippen molar-refractivity contribution in [2.45, 2.75) is 37.6 Å². The Bertz CT molecular complexity index is 163. The maximum atomic E-state index is 9.62. The van der Waals surface area contributed by atoms with E-state index in [1.807, 2.05) is 0 Å². The van der Waals surface area contributed by atoms with E-state index in [1.54, 1.807) is 6.92 Å². The van der Waals surface area contributed by atoms with Crippen LogP contribution in [0.3, 0.4) is 0 Å². The molecule has 13 heavy (non-hydrogen) atoms. The van der Waals surface area contributed by atoms with Gasteiger partial charge in [0.2, 0.25) is 0 Å². The molecular formula is C8H16O5. The summed E-state index contributed by atoms with van der Waals surface area (Å²) in [6, 6.07) is 0. The number of rotatable bonds is 2. The molecule has 0 bridgehead atoms. The second-order valence-corrected chi connectivity index (χ2v) is 3.12. The van der Waals surface area contributed by atoms with Crippen molar-refractivity contribution in [3.05, 3.63) is 0 Å². The van der Waals surface area contributed by atoms with Crippen molar-refractivity contribution >= 4 is 0 Å². The minimum atomic E-state index is -1.05. The third kappa shape index (κ3) is 2.00. The highest BCUT2D eigenvalue weighted by atomic mass is 16.7. The van der Waals surface area contributed by atoms with Gasteiger partial charge >= 0.3 is 0 Å². The predicted octanol–water partition coefficient (Wildman–Crippen LogP) is -0.886. The molecule has 2 N–H and O–H groups in total. The highest BCUT2D eigenvalue weighted by molar-refractivity contribution is 4.88. The average molecular weight is 192 g/mol. The summed E-state index contributed by atoms with van der Waals surface area (Å²) in [6.07, 6.45) is -3.47. The quantitative estimate of drug-likeness (QED) is 0.594. The molecule has 0 unspecified atom stereocenters. The molecule has 1 rings (SSSR count). The lowest BCUT2D eigenvalue weighted by molar-refractivity contribution is -0.287. The molecule has 0 saturated carbocycles. The van der Waals surface area contributed by atoms with Crippen LogP contribution in [0.5, 0.6) is 0 Å². The second-order valence-electron chi connectivity index (χ2n) is 3.12. The van der Waals surface area contributed by atoms with Crippen molar-refractivity contribution in [3.63, 3.8) is 0 Å². The van der Waals surface area contributed by atoms with Crippen LogP contribution in [0.4, 0.5) is 0 Å². The van der Waals surface area contributed by atoms with Crippen LogP contribution in [-0.4, -0.2) is 55.1 Å². The molecule has 0 aromatic rings. The van der Waals surface area contributed by atoms with E-state index in [9.17, 15) is 10.2 Å². The average Bonchev–Trinajstić information content (AvgIpc) is 2.10. The maximum Gasteiger partial charge on any atom is 0.184 e. The van der Waals surface area contributed by atoms with Crippen LogP contribution in [0.15, 0.2) is 0 Å². The van der Waals surface area contributed by atoms with Gasteiger partial charge in [-0.05, 0) is 6.92 Å². The van der Waals surface area contributed by atoms with Crippen molar-refractivity contribution in [2.75, 3.05) is 14.2 Å². The number of aliphatic hydroxyl groups is 2. The summed E-state index contributed by atoms with van der Waals surface area (Å²) in [7, 11) is 2.90. The first-order valence-electron chi connectivity index (χ1n) is 4.19. The highest BCUT2D eigenvalue weighted by Crippen LogP contribution is 2.23. The topological polar surface area (TPSA) is 68.2 Å². The first-order chi connectivity index (χ1) is 6.11. The van der Waals surface area contributed by atoms with Gasteiger partial charge in [-0.1, -0.05) is 0 Å². The summed E-state index contributed by atoms with van der Waals surface area (Å²) in [6.45, 7) is 1.67. The van der Waals surface area contributed by atoms with Crippen LogP contribution in [0.2, 0.25) is 0 Å². The van der Waals surface area contributed by atoms with Crippen molar-refractivity contribution < 1.29 is 24.4 Å². The molecule has 0 spiro atoms. The molecule has 1 fully saturated rings. The van der Waals surface area contributed by atoms with Crippen LogP contribution in [-0.2, 0) is 14.2 Å². The van der Waals surface area contributed by atoms with Gasteiger partial charge in [0.1, 0.15) is 18.3 Å². The predicted molar refractivity (Wildman–Crippen MR) is 44.2 cm³/mol. The number of hydrogen-bond donors (Lipinski definition) is 2. The summed E-state index contributed by atoms with van der Waals surface area (Å²) in [4.78, 5) is 0.